The number of rotatable bonds is 6. The number of carbonyl (C=O) groups is 1. The highest BCUT2D eigenvalue weighted by Crippen LogP contribution is 2.24. The second-order valence-electron chi connectivity index (χ2n) is 5.17. The number of hydrogen-bond donors (Lipinski definition) is 1. The molecule has 3 aromatic rings. The molecular formula is C18H17N3OS. The van der Waals surface area contributed by atoms with Crippen LogP contribution >= 0.6 is 11.3 Å². The van der Waals surface area contributed by atoms with E-state index in [2.05, 4.69) is 27.4 Å². The minimum absolute atomic E-state index is 0.00742. The van der Waals surface area contributed by atoms with Crippen molar-refractivity contribution >= 4 is 22.4 Å². The van der Waals surface area contributed by atoms with Gasteiger partial charge in [-0.2, -0.15) is 0 Å². The Hall–Kier alpha value is -2.53. The zero-order valence-corrected chi connectivity index (χ0v) is 13.4. The summed E-state index contributed by atoms with van der Waals surface area (Å²) >= 11 is 1.43. The van der Waals surface area contributed by atoms with Gasteiger partial charge in [0, 0.05) is 29.8 Å². The summed E-state index contributed by atoms with van der Waals surface area (Å²) in [7, 11) is 0. The maximum Gasteiger partial charge on any atom is 0.226 e. The molecule has 0 saturated carbocycles. The molecule has 0 bridgehead atoms. The monoisotopic (exact) mass is 323 g/mol. The molecule has 116 valence electrons. The molecule has 3 rings (SSSR count). The van der Waals surface area contributed by atoms with E-state index >= 15 is 0 Å². The summed E-state index contributed by atoms with van der Waals surface area (Å²) in [6.45, 7) is 0. The molecule has 0 aliphatic heterocycles. The van der Waals surface area contributed by atoms with E-state index in [1.165, 1.54) is 16.9 Å². The van der Waals surface area contributed by atoms with Gasteiger partial charge < -0.3 is 5.32 Å². The van der Waals surface area contributed by atoms with E-state index in [1.54, 1.807) is 12.4 Å². The molecule has 0 fully saturated rings. The molecule has 1 aromatic carbocycles. The van der Waals surface area contributed by atoms with Gasteiger partial charge in [-0.05, 0) is 30.5 Å². The molecule has 2 heterocycles. The number of aromatic nitrogens is 2. The summed E-state index contributed by atoms with van der Waals surface area (Å²) in [5.74, 6) is 0.00742. The number of nitrogens with one attached hydrogen (secondary N) is 1. The van der Waals surface area contributed by atoms with Gasteiger partial charge in [-0.25, -0.2) is 4.98 Å². The molecule has 0 unspecified atom stereocenters. The van der Waals surface area contributed by atoms with Crippen molar-refractivity contribution < 1.29 is 4.79 Å². The lowest BCUT2D eigenvalue weighted by Gasteiger charge is -2.02. The zero-order valence-electron chi connectivity index (χ0n) is 12.6. The SMILES string of the molecule is O=C(CCCc1ccccc1)Nc1nc(-c2cccnc2)cs1. The molecule has 0 saturated heterocycles. The van der Waals surface area contributed by atoms with Crippen molar-refractivity contribution in [2.45, 2.75) is 19.3 Å². The van der Waals surface area contributed by atoms with Crippen LogP contribution in [0, 0.1) is 0 Å². The molecule has 2 aromatic heterocycles. The van der Waals surface area contributed by atoms with Gasteiger partial charge in [0.25, 0.3) is 0 Å². The number of anilines is 1. The maximum absolute atomic E-state index is 12.0. The number of pyridine rings is 1. The van der Waals surface area contributed by atoms with E-state index in [1.807, 2.05) is 35.7 Å². The molecule has 0 radical (unpaired) electrons. The minimum Gasteiger partial charge on any atom is -0.302 e. The van der Waals surface area contributed by atoms with Gasteiger partial charge in [0.2, 0.25) is 5.91 Å². The van der Waals surface area contributed by atoms with E-state index in [9.17, 15) is 4.79 Å². The highest BCUT2D eigenvalue weighted by Gasteiger charge is 2.08. The average Bonchev–Trinajstić information content (AvgIpc) is 3.05. The van der Waals surface area contributed by atoms with Crippen LogP contribution in [0.1, 0.15) is 18.4 Å². The molecule has 5 heteroatoms. The normalized spacial score (nSPS) is 10.4. The fraction of sp³-hybridized carbons (Fsp3) is 0.167. The van der Waals surface area contributed by atoms with Gasteiger partial charge in [-0.1, -0.05) is 30.3 Å². The Labute approximate surface area is 139 Å². The number of nitrogens with zero attached hydrogens (tertiary/aromatic N) is 2. The maximum atomic E-state index is 12.0. The van der Waals surface area contributed by atoms with Crippen molar-refractivity contribution in [1.82, 2.24) is 9.97 Å². The van der Waals surface area contributed by atoms with Gasteiger partial charge in [-0.3, -0.25) is 9.78 Å². The smallest absolute Gasteiger partial charge is 0.226 e. The van der Waals surface area contributed by atoms with Crippen LogP contribution < -0.4 is 5.32 Å². The van der Waals surface area contributed by atoms with Crippen LogP contribution in [0.25, 0.3) is 11.3 Å². The quantitative estimate of drug-likeness (QED) is 0.741. The van der Waals surface area contributed by atoms with Crippen molar-refractivity contribution in [3.63, 3.8) is 0 Å². The predicted molar refractivity (Wildman–Crippen MR) is 93.4 cm³/mol. The number of amides is 1. The first-order valence-electron chi connectivity index (χ1n) is 7.51. The Kier molecular flexibility index (Phi) is 5.11. The van der Waals surface area contributed by atoms with Crippen LogP contribution in [-0.2, 0) is 11.2 Å². The molecule has 0 atom stereocenters. The lowest BCUT2D eigenvalue weighted by Crippen LogP contribution is -2.11. The highest BCUT2D eigenvalue weighted by molar-refractivity contribution is 7.14. The van der Waals surface area contributed by atoms with Gasteiger partial charge in [-0.15, -0.1) is 11.3 Å². The summed E-state index contributed by atoms with van der Waals surface area (Å²) < 4.78 is 0. The molecule has 23 heavy (non-hydrogen) atoms. The Bertz CT molecular complexity index is 756. The third-order valence-corrected chi connectivity index (χ3v) is 4.18. The highest BCUT2D eigenvalue weighted by atomic mass is 32.1. The molecule has 0 spiro atoms. The van der Waals surface area contributed by atoms with Crippen molar-refractivity contribution in [1.29, 1.82) is 0 Å². The first-order valence-corrected chi connectivity index (χ1v) is 8.39. The predicted octanol–water partition coefficient (Wildman–Crippen LogP) is 4.17. The minimum atomic E-state index is 0.00742. The Morgan fingerprint density at radius 1 is 1.13 bits per heavy atom. The topological polar surface area (TPSA) is 54.9 Å². The van der Waals surface area contributed by atoms with Crippen LogP contribution in [0.4, 0.5) is 5.13 Å². The summed E-state index contributed by atoms with van der Waals surface area (Å²) in [6, 6.07) is 14.0. The number of benzene rings is 1. The molecule has 0 aliphatic rings. The summed E-state index contributed by atoms with van der Waals surface area (Å²) in [5.41, 5.74) is 3.05. The number of carbonyl (C=O) groups excluding carboxylic acids is 1. The van der Waals surface area contributed by atoms with E-state index in [0.717, 1.165) is 24.1 Å². The second-order valence-corrected chi connectivity index (χ2v) is 6.03. The summed E-state index contributed by atoms with van der Waals surface area (Å²) in [4.78, 5) is 20.5. The lowest BCUT2D eigenvalue weighted by atomic mass is 10.1. The van der Waals surface area contributed by atoms with Crippen LogP contribution in [-0.4, -0.2) is 15.9 Å². The zero-order chi connectivity index (χ0) is 15.9. The first-order chi connectivity index (χ1) is 11.3. The second kappa shape index (κ2) is 7.65. The first kappa shape index (κ1) is 15.4. The lowest BCUT2D eigenvalue weighted by molar-refractivity contribution is -0.116. The average molecular weight is 323 g/mol. The van der Waals surface area contributed by atoms with Gasteiger partial charge >= 0.3 is 0 Å². The van der Waals surface area contributed by atoms with Gasteiger partial charge in [0.1, 0.15) is 0 Å². The van der Waals surface area contributed by atoms with Crippen LogP contribution in [0.2, 0.25) is 0 Å². The van der Waals surface area contributed by atoms with Crippen LogP contribution in [0.15, 0.2) is 60.2 Å². The Balaban J connectivity index is 1.49. The molecule has 4 nitrogen and oxygen atoms in total. The standard InChI is InChI=1S/C18H17N3OS/c22-17(10-4-8-14-6-2-1-3-7-14)21-18-20-16(13-23-18)15-9-5-11-19-12-15/h1-3,5-7,9,11-13H,4,8,10H2,(H,20,21,22). The molecule has 1 N–H and O–H groups in total. The third kappa shape index (κ3) is 4.47. The summed E-state index contributed by atoms with van der Waals surface area (Å²) in [6.07, 6.45) is 5.73. The van der Waals surface area contributed by atoms with Gasteiger partial charge in [0.15, 0.2) is 5.13 Å². The molecule has 1 amide bonds. The largest absolute Gasteiger partial charge is 0.302 e. The number of hydrogen-bond acceptors (Lipinski definition) is 4. The fourth-order valence-corrected chi connectivity index (χ4v) is 2.99. The molecule has 0 aliphatic carbocycles. The van der Waals surface area contributed by atoms with E-state index in [0.29, 0.717) is 11.6 Å². The van der Waals surface area contributed by atoms with E-state index < -0.39 is 0 Å². The Morgan fingerprint density at radius 3 is 2.78 bits per heavy atom. The Morgan fingerprint density at radius 2 is 2.00 bits per heavy atom. The van der Waals surface area contributed by atoms with Gasteiger partial charge in [0.05, 0.1) is 5.69 Å². The van der Waals surface area contributed by atoms with Crippen molar-refractivity contribution in [3.8, 4) is 11.3 Å². The molecular weight excluding hydrogens is 306 g/mol. The number of aryl methyl sites for hydroxylation is 1. The van der Waals surface area contributed by atoms with Crippen LogP contribution in [0.3, 0.4) is 0 Å². The summed E-state index contributed by atoms with van der Waals surface area (Å²) in [5, 5.41) is 5.43. The van der Waals surface area contributed by atoms with Crippen molar-refractivity contribution in [2.75, 3.05) is 5.32 Å². The van der Waals surface area contributed by atoms with Crippen molar-refractivity contribution in [3.05, 3.63) is 65.8 Å². The van der Waals surface area contributed by atoms with E-state index in [4.69, 9.17) is 0 Å². The van der Waals surface area contributed by atoms with Crippen molar-refractivity contribution in [2.24, 2.45) is 0 Å². The number of thiazole rings is 1. The fourth-order valence-electron chi connectivity index (χ4n) is 2.26. The third-order valence-electron chi connectivity index (χ3n) is 3.42. The van der Waals surface area contributed by atoms with E-state index in [-0.39, 0.29) is 5.91 Å². The van der Waals surface area contributed by atoms with Crippen LogP contribution in [0.5, 0.6) is 0 Å².